The number of aromatic nitrogens is 7. The summed E-state index contributed by atoms with van der Waals surface area (Å²) in [6.07, 6.45) is 3.04. The molecule has 0 fully saturated rings. The fourth-order valence-electron chi connectivity index (χ4n) is 2.84. The largest absolute Gasteiger partial charge is 0.347 e. The summed E-state index contributed by atoms with van der Waals surface area (Å²) in [6.45, 7) is 1.43. The summed E-state index contributed by atoms with van der Waals surface area (Å²) in [6, 6.07) is 0. The van der Waals surface area contributed by atoms with Gasteiger partial charge in [-0.25, -0.2) is 24.4 Å². The van der Waals surface area contributed by atoms with E-state index in [0.29, 0.717) is 31.1 Å². The molecule has 11 heteroatoms. The number of carbonyl (C=O) groups is 1. The molecule has 1 aliphatic rings. The minimum absolute atomic E-state index is 0.0653. The summed E-state index contributed by atoms with van der Waals surface area (Å²) in [5.41, 5.74) is 1.08. The molecule has 0 unspecified atom stereocenters. The summed E-state index contributed by atoms with van der Waals surface area (Å²) in [4.78, 5) is 43.4. The molecule has 3 aromatic rings. The Labute approximate surface area is 141 Å². The molecule has 1 aliphatic heterocycles. The average molecular weight is 343 g/mol. The normalized spacial score (nSPS) is 13.9. The third-order valence-electron chi connectivity index (χ3n) is 4.21. The van der Waals surface area contributed by atoms with Crippen molar-refractivity contribution in [3.8, 4) is 0 Å². The summed E-state index contributed by atoms with van der Waals surface area (Å²) >= 11 is 0. The van der Waals surface area contributed by atoms with E-state index in [9.17, 15) is 9.59 Å². The van der Waals surface area contributed by atoms with Gasteiger partial charge in [0.15, 0.2) is 17.3 Å². The highest BCUT2D eigenvalue weighted by atomic mass is 16.2. The van der Waals surface area contributed by atoms with Crippen molar-refractivity contribution in [3.05, 3.63) is 29.0 Å². The van der Waals surface area contributed by atoms with E-state index in [1.54, 1.807) is 25.0 Å². The van der Waals surface area contributed by atoms with E-state index in [1.807, 2.05) is 4.90 Å². The number of anilines is 1. The predicted octanol–water partition coefficient (Wildman–Crippen LogP) is -1.18. The van der Waals surface area contributed by atoms with E-state index >= 15 is 0 Å². The Bertz CT molecular complexity index is 999. The topological polar surface area (TPSA) is 118 Å². The molecule has 1 amide bonds. The lowest BCUT2D eigenvalue weighted by atomic mass is 10.3. The molecule has 0 aromatic carbocycles. The SMILES string of the molecule is CN(C)C(=O)Cn1nc2n(c1=O)CCN(c1ncnc3nc[nH]c13)C2. The van der Waals surface area contributed by atoms with Crippen LogP contribution >= 0.6 is 0 Å². The van der Waals surface area contributed by atoms with Crippen molar-refractivity contribution in [1.29, 1.82) is 0 Å². The predicted molar refractivity (Wildman–Crippen MR) is 87.9 cm³/mol. The van der Waals surface area contributed by atoms with Gasteiger partial charge in [-0.05, 0) is 0 Å². The highest BCUT2D eigenvalue weighted by Crippen LogP contribution is 2.22. The molecule has 0 bridgehead atoms. The summed E-state index contributed by atoms with van der Waals surface area (Å²) in [7, 11) is 3.30. The van der Waals surface area contributed by atoms with Crippen molar-refractivity contribution in [1.82, 2.24) is 39.2 Å². The molecule has 0 atom stereocenters. The van der Waals surface area contributed by atoms with E-state index < -0.39 is 0 Å². The van der Waals surface area contributed by atoms with E-state index in [1.165, 1.54) is 15.9 Å². The number of rotatable bonds is 3. The van der Waals surface area contributed by atoms with Crippen molar-refractivity contribution < 1.29 is 4.79 Å². The molecule has 130 valence electrons. The second kappa shape index (κ2) is 5.69. The highest BCUT2D eigenvalue weighted by molar-refractivity contribution is 5.82. The van der Waals surface area contributed by atoms with Crippen molar-refractivity contribution in [2.24, 2.45) is 0 Å². The first kappa shape index (κ1) is 15.3. The number of fused-ring (bicyclic) bond motifs is 2. The van der Waals surface area contributed by atoms with Gasteiger partial charge in [0.05, 0.1) is 12.9 Å². The van der Waals surface area contributed by atoms with Gasteiger partial charge in [-0.15, -0.1) is 0 Å². The van der Waals surface area contributed by atoms with Crippen molar-refractivity contribution in [3.63, 3.8) is 0 Å². The Morgan fingerprint density at radius 2 is 2.12 bits per heavy atom. The number of H-pyrrole nitrogens is 1. The molecule has 0 spiro atoms. The molecular formula is C14H17N9O2. The zero-order valence-electron chi connectivity index (χ0n) is 13.9. The highest BCUT2D eigenvalue weighted by Gasteiger charge is 2.25. The number of amides is 1. The van der Waals surface area contributed by atoms with Gasteiger partial charge in [0.1, 0.15) is 18.4 Å². The molecule has 4 heterocycles. The Morgan fingerprint density at radius 3 is 2.92 bits per heavy atom. The minimum Gasteiger partial charge on any atom is -0.347 e. The molecule has 11 nitrogen and oxygen atoms in total. The van der Waals surface area contributed by atoms with Crippen LogP contribution in [0.1, 0.15) is 5.82 Å². The van der Waals surface area contributed by atoms with Crippen LogP contribution in [0.25, 0.3) is 11.2 Å². The third-order valence-corrected chi connectivity index (χ3v) is 4.21. The second-order valence-corrected chi connectivity index (χ2v) is 6.02. The Balaban J connectivity index is 1.64. The van der Waals surface area contributed by atoms with Crippen LogP contribution in [0.4, 0.5) is 5.82 Å². The first-order valence-corrected chi connectivity index (χ1v) is 7.80. The first-order chi connectivity index (χ1) is 12.0. The molecule has 0 aliphatic carbocycles. The maximum atomic E-state index is 12.4. The second-order valence-electron chi connectivity index (χ2n) is 6.02. The first-order valence-electron chi connectivity index (χ1n) is 7.80. The lowest BCUT2D eigenvalue weighted by Gasteiger charge is -2.27. The monoisotopic (exact) mass is 343 g/mol. The molecule has 25 heavy (non-hydrogen) atoms. The van der Waals surface area contributed by atoms with Gasteiger partial charge in [0.25, 0.3) is 0 Å². The van der Waals surface area contributed by atoms with Crippen molar-refractivity contribution >= 4 is 22.9 Å². The lowest BCUT2D eigenvalue weighted by Crippen LogP contribution is -2.38. The van der Waals surface area contributed by atoms with Crippen LogP contribution in [-0.4, -0.2) is 65.7 Å². The van der Waals surface area contributed by atoms with E-state index in [-0.39, 0.29) is 18.1 Å². The number of likely N-dealkylation sites (N-methyl/N-ethyl adjacent to an activating group) is 1. The molecule has 3 aromatic heterocycles. The van der Waals surface area contributed by atoms with Gasteiger partial charge >= 0.3 is 5.69 Å². The number of hydrogen-bond acceptors (Lipinski definition) is 7. The molecule has 1 N–H and O–H groups in total. The smallest absolute Gasteiger partial charge is 0.346 e. The van der Waals surface area contributed by atoms with Gasteiger partial charge in [0, 0.05) is 27.2 Å². The Hall–Kier alpha value is -3.24. The number of aromatic amines is 1. The molecular weight excluding hydrogens is 326 g/mol. The van der Waals surface area contributed by atoms with Gasteiger partial charge in [-0.2, -0.15) is 5.10 Å². The van der Waals surface area contributed by atoms with Gasteiger partial charge in [0.2, 0.25) is 5.91 Å². The van der Waals surface area contributed by atoms with E-state index in [2.05, 4.69) is 25.0 Å². The maximum absolute atomic E-state index is 12.4. The van der Waals surface area contributed by atoms with Crippen LogP contribution in [0.2, 0.25) is 0 Å². The Kier molecular flexibility index (Phi) is 3.48. The van der Waals surface area contributed by atoms with E-state index in [4.69, 9.17) is 0 Å². The van der Waals surface area contributed by atoms with Crippen LogP contribution in [0.3, 0.4) is 0 Å². The van der Waals surface area contributed by atoms with Crippen LogP contribution in [0.5, 0.6) is 0 Å². The number of nitrogens with one attached hydrogen (secondary N) is 1. The van der Waals surface area contributed by atoms with Crippen molar-refractivity contribution in [2.45, 2.75) is 19.6 Å². The quantitative estimate of drug-likeness (QED) is 0.636. The Morgan fingerprint density at radius 1 is 1.28 bits per heavy atom. The van der Waals surface area contributed by atoms with Gasteiger partial charge in [-0.3, -0.25) is 9.36 Å². The van der Waals surface area contributed by atoms with E-state index in [0.717, 1.165) is 11.3 Å². The fraction of sp³-hybridized carbons (Fsp3) is 0.429. The van der Waals surface area contributed by atoms with Crippen LogP contribution in [0.15, 0.2) is 17.4 Å². The summed E-state index contributed by atoms with van der Waals surface area (Å²) in [5.74, 6) is 1.15. The van der Waals surface area contributed by atoms with Crippen LogP contribution in [-0.2, 0) is 24.4 Å². The average Bonchev–Trinajstić information content (AvgIpc) is 3.19. The van der Waals surface area contributed by atoms with Gasteiger partial charge in [-0.1, -0.05) is 0 Å². The minimum atomic E-state index is -0.265. The maximum Gasteiger partial charge on any atom is 0.346 e. The number of carbonyl (C=O) groups excluding carboxylic acids is 1. The standard InChI is InChI=1S/C14H17N9O2/c1-20(2)10(24)6-23-14(25)22-4-3-21(5-9(22)19-23)13-11-12(16-7-15-11)17-8-18-13/h7-8H,3-6H2,1-2H3,(H,15,16,17,18). The lowest BCUT2D eigenvalue weighted by molar-refractivity contribution is -0.129. The molecule has 0 saturated carbocycles. The number of imidazole rings is 1. The van der Waals surface area contributed by atoms with Crippen LogP contribution in [0, 0.1) is 0 Å². The van der Waals surface area contributed by atoms with Crippen molar-refractivity contribution in [2.75, 3.05) is 25.5 Å². The summed E-state index contributed by atoms with van der Waals surface area (Å²) < 4.78 is 2.82. The molecule has 0 radical (unpaired) electrons. The number of nitrogens with zero attached hydrogens (tertiary/aromatic N) is 8. The summed E-state index contributed by atoms with van der Waals surface area (Å²) in [5, 5.41) is 4.32. The zero-order chi connectivity index (χ0) is 17.6. The molecule has 4 rings (SSSR count). The zero-order valence-corrected chi connectivity index (χ0v) is 13.9. The van der Waals surface area contributed by atoms with Gasteiger partial charge < -0.3 is 14.8 Å². The third kappa shape index (κ3) is 2.53. The molecule has 0 saturated heterocycles. The fourth-order valence-corrected chi connectivity index (χ4v) is 2.84. The number of hydrogen-bond donors (Lipinski definition) is 1. The van der Waals surface area contributed by atoms with Crippen LogP contribution < -0.4 is 10.6 Å².